The average molecular weight is 280 g/mol. The van der Waals surface area contributed by atoms with Gasteiger partial charge in [-0.3, -0.25) is 0 Å². The lowest BCUT2D eigenvalue weighted by atomic mass is 10.1. The highest BCUT2D eigenvalue weighted by Crippen LogP contribution is 2.23. The second kappa shape index (κ2) is 8.82. The van der Waals surface area contributed by atoms with Crippen molar-refractivity contribution in [2.45, 2.75) is 45.8 Å². The van der Waals surface area contributed by atoms with Crippen LogP contribution < -0.4 is 15.8 Å². The van der Waals surface area contributed by atoms with E-state index in [-0.39, 0.29) is 6.10 Å². The monoisotopic (exact) mass is 280 g/mol. The van der Waals surface area contributed by atoms with Crippen LogP contribution in [0.15, 0.2) is 18.2 Å². The quantitative estimate of drug-likeness (QED) is 0.730. The number of benzene rings is 1. The largest absolute Gasteiger partial charge is 0.491 e. The van der Waals surface area contributed by atoms with Crippen LogP contribution in [-0.4, -0.2) is 32.4 Å². The lowest BCUT2D eigenvalue weighted by Gasteiger charge is -2.21. The van der Waals surface area contributed by atoms with E-state index in [9.17, 15) is 0 Å². The molecule has 20 heavy (non-hydrogen) atoms. The van der Waals surface area contributed by atoms with Gasteiger partial charge in [0.1, 0.15) is 5.75 Å². The maximum Gasteiger partial charge on any atom is 0.120 e. The van der Waals surface area contributed by atoms with Crippen molar-refractivity contribution in [2.75, 3.05) is 25.6 Å². The maximum absolute atomic E-state index is 5.70. The first-order valence-electron chi connectivity index (χ1n) is 7.29. The van der Waals surface area contributed by atoms with Crippen molar-refractivity contribution in [3.63, 3.8) is 0 Å². The summed E-state index contributed by atoms with van der Waals surface area (Å²) in [6.45, 7) is 7.54. The summed E-state index contributed by atoms with van der Waals surface area (Å²) >= 11 is 0. The number of hydrogen-bond donors (Lipinski definition) is 2. The molecule has 0 bridgehead atoms. The molecule has 1 aromatic rings. The number of anilines is 1. The van der Waals surface area contributed by atoms with Gasteiger partial charge in [0.2, 0.25) is 0 Å². The van der Waals surface area contributed by atoms with Gasteiger partial charge in [-0.05, 0) is 63.9 Å². The van der Waals surface area contributed by atoms with Crippen molar-refractivity contribution in [1.29, 1.82) is 0 Å². The number of hydrogen-bond acceptors (Lipinski definition) is 4. The van der Waals surface area contributed by atoms with Gasteiger partial charge in [-0.15, -0.1) is 0 Å². The molecule has 0 radical (unpaired) electrons. The summed E-state index contributed by atoms with van der Waals surface area (Å²) in [5.41, 5.74) is 7.88. The van der Waals surface area contributed by atoms with Crippen LogP contribution in [0.25, 0.3) is 0 Å². The van der Waals surface area contributed by atoms with Crippen LogP contribution in [0, 0.1) is 6.92 Å². The Kier molecular flexibility index (Phi) is 7.41. The summed E-state index contributed by atoms with van der Waals surface area (Å²) in [5.74, 6) is 0.910. The molecule has 0 aliphatic rings. The van der Waals surface area contributed by atoms with Gasteiger partial charge in [-0.1, -0.05) is 0 Å². The molecule has 0 aromatic heterocycles. The van der Waals surface area contributed by atoms with Gasteiger partial charge in [0, 0.05) is 18.8 Å². The zero-order valence-corrected chi connectivity index (χ0v) is 13.1. The van der Waals surface area contributed by atoms with Gasteiger partial charge in [0.15, 0.2) is 0 Å². The number of methoxy groups -OCH3 is 1. The normalized spacial score (nSPS) is 12.5. The van der Waals surface area contributed by atoms with E-state index in [1.165, 1.54) is 5.56 Å². The maximum atomic E-state index is 5.70. The Hall–Kier alpha value is -1.26. The second-order valence-electron chi connectivity index (χ2n) is 5.37. The first kappa shape index (κ1) is 16.8. The minimum absolute atomic E-state index is 0.194. The van der Waals surface area contributed by atoms with Crippen molar-refractivity contribution in [3.8, 4) is 5.75 Å². The summed E-state index contributed by atoms with van der Waals surface area (Å²) in [6, 6.07) is 6.43. The molecule has 1 aromatic carbocycles. The molecule has 4 heteroatoms. The van der Waals surface area contributed by atoms with Crippen LogP contribution in [0.2, 0.25) is 0 Å². The molecule has 4 nitrogen and oxygen atoms in total. The number of nitrogens with one attached hydrogen (secondary N) is 1. The van der Waals surface area contributed by atoms with Crippen molar-refractivity contribution in [2.24, 2.45) is 5.73 Å². The Balaban J connectivity index is 2.69. The SMILES string of the molecule is COCC(CCCN)Nc1ccc(OC(C)C)cc1C. The van der Waals surface area contributed by atoms with E-state index in [0.717, 1.165) is 24.3 Å². The summed E-state index contributed by atoms with van der Waals surface area (Å²) in [6.07, 6.45) is 2.20. The minimum Gasteiger partial charge on any atom is -0.491 e. The van der Waals surface area contributed by atoms with Crippen LogP contribution in [0.4, 0.5) is 5.69 Å². The van der Waals surface area contributed by atoms with Gasteiger partial charge in [-0.25, -0.2) is 0 Å². The molecule has 0 fully saturated rings. The Labute approximate surface area is 122 Å². The molecule has 1 atom stereocenters. The Morgan fingerprint density at radius 1 is 1.30 bits per heavy atom. The summed E-state index contributed by atoms with van der Waals surface area (Å²) < 4.78 is 11.0. The third kappa shape index (κ3) is 5.80. The molecular weight excluding hydrogens is 252 g/mol. The predicted molar refractivity (Wildman–Crippen MR) is 84.5 cm³/mol. The first-order valence-corrected chi connectivity index (χ1v) is 7.29. The highest BCUT2D eigenvalue weighted by molar-refractivity contribution is 5.54. The van der Waals surface area contributed by atoms with E-state index >= 15 is 0 Å². The number of rotatable bonds is 9. The molecule has 3 N–H and O–H groups in total. The van der Waals surface area contributed by atoms with E-state index < -0.39 is 0 Å². The summed E-state index contributed by atoms with van der Waals surface area (Å²) in [5, 5.41) is 3.53. The molecule has 0 aliphatic heterocycles. The molecule has 0 amide bonds. The number of aryl methyl sites for hydroxylation is 1. The van der Waals surface area contributed by atoms with Crippen molar-refractivity contribution < 1.29 is 9.47 Å². The zero-order chi connectivity index (χ0) is 15.0. The smallest absolute Gasteiger partial charge is 0.120 e. The van der Waals surface area contributed by atoms with Gasteiger partial charge >= 0.3 is 0 Å². The predicted octanol–water partition coefficient (Wildman–Crippen LogP) is 2.95. The first-order chi connectivity index (χ1) is 9.56. The molecule has 0 spiro atoms. The summed E-state index contributed by atoms with van der Waals surface area (Å²) in [7, 11) is 1.73. The van der Waals surface area contributed by atoms with E-state index in [1.807, 2.05) is 19.9 Å². The highest BCUT2D eigenvalue weighted by atomic mass is 16.5. The molecule has 0 saturated carbocycles. The van der Waals surface area contributed by atoms with Crippen LogP contribution >= 0.6 is 0 Å². The second-order valence-corrected chi connectivity index (χ2v) is 5.37. The Morgan fingerprint density at radius 2 is 2.05 bits per heavy atom. The molecular formula is C16H28N2O2. The lowest BCUT2D eigenvalue weighted by molar-refractivity contribution is 0.182. The topological polar surface area (TPSA) is 56.5 Å². The zero-order valence-electron chi connectivity index (χ0n) is 13.1. The Morgan fingerprint density at radius 3 is 2.60 bits per heavy atom. The van der Waals surface area contributed by atoms with Gasteiger partial charge in [-0.2, -0.15) is 0 Å². The van der Waals surface area contributed by atoms with Crippen LogP contribution in [0.3, 0.4) is 0 Å². The fraction of sp³-hybridized carbons (Fsp3) is 0.625. The highest BCUT2D eigenvalue weighted by Gasteiger charge is 2.10. The van der Waals surface area contributed by atoms with E-state index in [2.05, 4.69) is 24.4 Å². The minimum atomic E-state index is 0.194. The van der Waals surface area contributed by atoms with Gasteiger partial charge < -0.3 is 20.5 Å². The molecule has 1 rings (SSSR count). The summed E-state index contributed by atoms with van der Waals surface area (Å²) in [4.78, 5) is 0. The van der Waals surface area contributed by atoms with Crippen molar-refractivity contribution in [1.82, 2.24) is 0 Å². The fourth-order valence-corrected chi connectivity index (χ4v) is 2.13. The van der Waals surface area contributed by atoms with Crippen molar-refractivity contribution in [3.05, 3.63) is 23.8 Å². The molecule has 114 valence electrons. The van der Waals surface area contributed by atoms with E-state index in [4.69, 9.17) is 15.2 Å². The standard InChI is InChI=1S/C16H28N2O2/c1-12(2)20-15-7-8-16(13(3)10-15)18-14(11-19-4)6-5-9-17/h7-8,10,12,14,18H,5-6,9,11,17H2,1-4H3. The molecule has 1 unspecified atom stereocenters. The van der Waals surface area contributed by atoms with E-state index in [1.54, 1.807) is 7.11 Å². The fourth-order valence-electron chi connectivity index (χ4n) is 2.13. The van der Waals surface area contributed by atoms with Crippen LogP contribution in [-0.2, 0) is 4.74 Å². The van der Waals surface area contributed by atoms with Crippen LogP contribution in [0.1, 0.15) is 32.3 Å². The molecule has 0 aliphatic carbocycles. The Bertz CT molecular complexity index is 394. The number of ether oxygens (including phenoxy) is 2. The lowest BCUT2D eigenvalue weighted by Crippen LogP contribution is -2.26. The third-order valence-corrected chi connectivity index (χ3v) is 3.05. The van der Waals surface area contributed by atoms with E-state index in [0.29, 0.717) is 19.2 Å². The van der Waals surface area contributed by atoms with Crippen LogP contribution in [0.5, 0.6) is 5.75 Å². The average Bonchev–Trinajstić information content (AvgIpc) is 2.38. The third-order valence-electron chi connectivity index (χ3n) is 3.05. The molecule has 0 heterocycles. The van der Waals surface area contributed by atoms with Gasteiger partial charge in [0.05, 0.1) is 12.7 Å². The molecule has 0 saturated heterocycles. The van der Waals surface area contributed by atoms with Gasteiger partial charge in [0.25, 0.3) is 0 Å². The van der Waals surface area contributed by atoms with Crippen molar-refractivity contribution >= 4 is 5.69 Å². The number of nitrogens with two attached hydrogens (primary N) is 1.